The van der Waals surface area contributed by atoms with E-state index in [2.05, 4.69) is 20.8 Å². The standard InChI is InChI=1S/C25H48O2/c1-5-6-7-8-9-10-11-12-13-14-15-16-17-20-24(22(2)3)21-18-19-23(4)25(26)27/h19,22,24H,5-18,20-21H2,1-4H3,(H,26,27). The van der Waals surface area contributed by atoms with Gasteiger partial charge in [-0.25, -0.2) is 4.79 Å². The van der Waals surface area contributed by atoms with Crippen molar-refractivity contribution in [3.63, 3.8) is 0 Å². The van der Waals surface area contributed by atoms with Gasteiger partial charge in [-0.3, -0.25) is 0 Å². The molecule has 0 spiro atoms. The van der Waals surface area contributed by atoms with Crippen LogP contribution in [-0.4, -0.2) is 11.1 Å². The fourth-order valence-corrected chi connectivity index (χ4v) is 3.84. The van der Waals surface area contributed by atoms with Crippen LogP contribution in [0.3, 0.4) is 0 Å². The molecule has 0 fully saturated rings. The van der Waals surface area contributed by atoms with E-state index in [9.17, 15) is 4.79 Å². The van der Waals surface area contributed by atoms with Crippen LogP contribution in [0.5, 0.6) is 0 Å². The zero-order valence-electron chi connectivity index (χ0n) is 18.9. The number of hydrogen-bond donors (Lipinski definition) is 1. The van der Waals surface area contributed by atoms with Crippen LogP contribution in [0.15, 0.2) is 11.6 Å². The van der Waals surface area contributed by atoms with Crippen LogP contribution in [0.4, 0.5) is 0 Å². The van der Waals surface area contributed by atoms with Crippen LogP contribution in [0.25, 0.3) is 0 Å². The van der Waals surface area contributed by atoms with E-state index in [-0.39, 0.29) is 0 Å². The SMILES string of the molecule is CCCCCCCCCCCCCCCC(CCC=C(C)C(=O)O)C(C)C. The minimum Gasteiger partial charge on any atom is -0.478 e. The average Bonchev–Trinajstić information content (AvgIpc) is 2.63. The number of unbranched alkanes of at least 4 members (excludes halogenated alkanes) is 12. The minimum absolute atomic E-state index is 0.485. The van der Waals surface area contributed by atoms with E-state index < -0.39 is 5.97 Å². The van der Waals surface area contributed by atoms with Crippen molar-refractivity contribution in [2.24, 2.45) is 11.8 Å². The van der Waals surface area contributed by atoms with Gasteiger partial charge in [-0.05, 0) is 31.6 Å². The van der Waals surface area contributed by atoms with Gasteiger partial charge in [-0.2, -0.15) is 0 Å². The molecule has 2 heteroatoms. The predicted molar refractivity (Wildman–Crippen MR) is 119 cm³/mol. The Morgan fingerprint density at radius 2 is 1.22 bits per heavy atom. The molecule has 0 bridgehead atoms. The molecule has 160 valence electrons. The maximum Gasteiger partial charge on any atom is 0.330 e. The molecule has 1 unspecified atom stereocenters. The lowest BCUT2D eigenvalue weighted by atomic mass is 9.86. The fourth-order valence-electron chi connectivity index (χ4n) is 3.84. The number of carboxylic acid groups (broad SMARTS) is 1. The number of hydrogen-bond acceptors (Lipinski definition) is 1. The third-order valence-electron chi connectivity index (χ3n) is 5.95. The molecule has 0 aliphatic carbocycles. The highest BCUT2D eigenvalue weighted by Crippen LogP contribution is 2.25. The van der Waals surface area contributed by atoms with E-state index in [1.165, 1.54) is 89.9 Å². The highest BCUT2D eigenvalue weighted by Gasteiger charge is 2.12. The molecule has 0 rings (SSSR count). The molecule has 0 amide bonds. The Kier molecular flexibility index (Phi) is 18.0. The van der Waals surface area contributed by atoms with Crippen LogP contribution in [-0.2, 0) is 4.79 Å². The smallest absolute Gasteiger partial charge is 0.330 e. The van der Waals surface area contributed by atoms with Crippen molar-refractivity contribution in [1.29, 1.82) is 0 Å². The largest absolute Gasteiger partial charge is 0.478 e. The average molecular weight is 381 g/mol. The Balaban J connectivity index is 3.56. The monoisotopic (exact) mass is 380 g/mol. The summed E-state index contributed by atoms with van der Waals surface area (Å²) in [4.78, 5) is 10.8. The predicted octanol–water partition coefficient (Wildman–Crippen LogP) is 8.55. The van der Waals surface area contributed by atoms with E-state index >= 15 is 0 Å². The van der Waals surface area contributed by atoms with Crippen molar-refractivity contribution in [2.45, 2.75) is 130 Å². The second-order valence-electron chi connectivity index (χ2n) is 8.81. The van der Waals surface area contributed by atoms with Crippen molar-refractivity contribution < 1.29 is 9.90 Å². The van der Waals surface area contributed by atoms with Crippen molar-refractivity contribution in [1.82, 2.24) is 0 Å². The van der Waals surface area contributed by atoms with Crippen LogP contribution in [0.2, 0.25) is 0 Å². The van der Waals surface area contributed by atoms with E-state index in [4.69, 9.17) is 5.11 Å². The molecule has 0 aromatic rings. The van der Waals surface area contributed by atoms with Crippen LogP contribution < -0.4 is 0 Å². The third-order valence-corrected chi connectivity index (χ3v) is 5.95. The Hall–Kier alpha value is -0.790. The fraction of sp³-hybridized carbons (Fsp3) is 0.880. The lowest BCUT2D eigenvalue weighted by molar-refractivity contribution is -0.132. The normalized spacial score (nSPS) is 13.3. The van der Waals surface area contributed by atoms with Gasteiger partial charge in [-0.15, -0.1) is 0 Å². The summed E-state index contributed by atoms with van der Waals surface area (Å²) in [5.41, 5.74) is 0.485. The van der Waals surface area contributed by atoms with Gasteiger partial charge in [0, 0.05) is 5.57 Å². The molecule has 0 heterocycles. The number of aliphatic carboxylic acids is 1. The Morgan fingerprint density at radius 3 is 1.63 bits per heavy atom. The summed E-state index contributed by atoms with van der Waals surface area (Å²) in [5, 5.41) is 8.92. The lowest BCUT2D eigenvalue weighted by Gasteiger charge is -2.20. The van der Waals surface area contributed by atoms with E-state index in [0.717, 1.165) is 18.8 Å². The maximum atomic E-state index is 10.8. The number of rotatable bonds is 19. The molecular weight excluding hydrogens is 332 g/mol. The van der Waals surface area contributed by atoms with Crippen LogP contribution >= 0.6 is 0 Å². The number of carboxylic acids is 1. The highest BCUT2D eigenvalue weighted by atomic mass is 16.4. The molecule has 0 aliphatic rings. The quantitative estimate of drug-likeness (QED) is 0.180. The minimum atomic E-state index is -0.785. The summed E-state index contributed by atoms with van der Waals surface area (Å²) in [6.45, 7) is 8.59. The third kappa shape index (κ3) is 17.1. The molecule has 1 N–H and O–H groups in total. The Morgan fingerprint density at radius 1 is 0.778 bits per heavy atom. The molecule has 2 nitrogen and oxygen atoms in total. The highest BCUT2D eigenvalue weighted by molar-refractivity contribution is 5.85. The summed E-state index contributed by atoms with van der Waals surface area (Å²) < 4.78 is 0. The van der Waals surface area contributed by atoms with Gasteiger partial charge in [-0.1, -0.05) is 117 Å². The Labute approximate surface area is 170 Å². The zero-order valence-corrected chi connectivity index (χ0v) is 18.9. The van der Waals surface area contributed by atoms with Crippen molar-refractivity contribution in [3.05, 3.63) is 11.6 Å². The molecule has 0 saturated heterocycles. The van der Waals surface area contributed by atoms with Crippen molar-refractivity contribution >= 4 is 5.97 Å². The molecule has 0 aliphatic heterocycles. The molecular formula is C25H48O2. The van der Waals surface area contributed by atoms with Gasteiger partial charge >= 0.3 is 5.97 Å². The second-order valence-corrected chi connectivity index (χ2v) is 8.81. The first-order valence-corrected chi connectivity index (χ1v) is 11.9. The van der Waals surface area contributed by atoms with Gasteiger partial charge in [0.25, 0.3) is 0 Å². The van der Waals surface area contributed by atoms with Crippen LogP contribution in [0, 0.1) is 11.8 Å². The van der Waals surface area contributed by atoms with Crippen molar-refractivity contribution in [3.8, 4) is 0 Å². The lowest BCUT2D eigenvalue weighted by Crippen LogP contribution is -2.08. The molecule has 0 aromatic heterocycles. The molecule has 27 heavy (non-hydrogen) atoms. The summed E-state index contributed by atoms with van der Waals surface area (Å²) in [6.07, 6.45) is 23.5. The summed E-state index contributed by atoms with van der Waals surface area (Å²) in [7, 11) is 0. The first-order valence-electron chi connectivity index (χ1n) is 11.9. The van der Waals surface area contributed by atoms with E-state index in [1.54, 1.807) is 6.92 Å². The number of allylic oxidation sites excluding steroid dienone is 1. The van der Waals surface area contributed by atoms with Crippen LogP contribution in [0.1, 0.15) is 130 Å². The second kappa shape index (κ2) is 18.6. The summed E-state index contributed by atoms with van der Waals surface area (Å²) in [5.74, 6) is 0.643. The zero-order chi connectivity index (χ0) is 20.3. The van der Waals surface area contributed by atoms with Gasteiger partial charge in [0.2, 0.25) is 0 Å². The van der Waals surface area contributed by atoms with Gasteiger partial charge in [0.1, 0.15) is 0 Å². The van der Waals surface area contributed by atoms with E-state index in [1.807, 2.05) is 6.08 Å². The molecule has 1 atom stereocenters. The van der Waals surface area contributed by atoms with E-state index in [0.29, 0.717) is 11.5 Å². The summed E-state index contributed by atoms with van der Waals surface area (Å²) in [6, 6.07) is 0. The molecule has 0 saturated carbocycles. The Bertz CT molecular complexity index is 371. The topological polar surface area (TPSA) is 37.3 Å². The van der Waals surface area contributed by atoms with Gasteiger partial charge < -0.3 is 5.11 Å². The van der Waals surface area contributed by atoms with Gasteiger partial charge in [0.15, 0.2) is 0 Å². The van der Waals surface area contributed by atoms with Gasteiger partial charge in [0.05, 0.1) is 0 Å². The number of carbonyl (C=O) groups is 1. The molecule has 0 aromatic carbocycles. The van der Waals surface area contributed by atoms with Crippen molar-refractivity contribution in [2.75, 3.05) is 0 Å². The first kappa shape index (κ1) is 26.2. The summed E-state index contributed by atoms with van der Waals surface area (Å²) >= 11 is 0. The maximum absolute atomic E-state index is 10.8. The molecule has 0 radical (unpaired) electrons. The first-order chi connectivity index (χ1) is 13.0.